The average Bonchev–Trinajstić information content (AvgIpc) is 3.45. The number of primary amides is 1. The number of hydrogen-bond acceptors (Lipinski definition) is 7. The molecule has 2 aromatic heterocycles. The Bertz CT molecular complexity index is 1390. The van der Waals surface area contributed by atoms with Crippen molar-refractivity contribution in [3.63, 3.8) is 0 Å². The zero-order valence-electron chi connectivity index (χ0n) is 17.6. The predicted molar refractivity (Wildman–Crippen MR) is 130 cm³/mol. The van der Waals surface area contributed by atoms with Crippen LogP contribution in [0.2, 0.25) is 0 Å². The van der Waals surface area contributed by atoms with E-state index >= 15 is 0 Å². The van der Waals surface area contributed by atoms with Crippen LogP contribution in [0.25, 0.3) is 9.88 Å². The summed E-state index contributed by atoms with van der Waals surface area (Å²) in [6.45, 7) is 0. The Morgan fingerprint density at radius 3 is 2.47 bits per heavy atom. The van der Waals surface area contributed by atoms with E-state index in [1.165, 1.54) is 41.7 Å². The first-order chi connectivity index (χ1) is 16.2. The predicted octanol–water partition coefficient (Wildman–Crippen LogP) is 4.19. The third-order valence-corrected chi connectivity index (χ3v) is 7.47. The minimum atomic E-state index is -4.14. The maximum atomic E-state index is 14.0. The summed E-state index contributed by atoms with van der Waals surface area (Å²) >= 11 is 3.01. The van der Waals surface area contributed by atoms with Crippen LogP contribution in [-0.2, 0) is 21.5 Å². The molecule has 0 saturated heterocycles. The molecule has 4 aromatic rings. The Balaban J connectivity index is 1.72. The first-order valence-electron chi connectivity index (χ1n) is 10.0. The minimum Gasteiger partial charge on any atom is -0.371 e. The number of aromatic nitrogens is 1. The molecule has 0 aliphatic heterocycles. The lowest BCUT2D eigenvalue weighted by Gasteiger charge is -2.24. The Labute approximate surface area is 204 Å². The van der Waals surface area contributed by atoms with E-state index in [1.807, 2.05) is 22.9 Å². The van der Waals surface area contributed by atoms with Gasteiger partial charge in [-0.3, -0.25) is 4.79 Å². The zero-order valence-corrected chi connectivity index (χ0v) is 20.1. The second-order valence-electron chi connectivity index (χ2n) is 7.52. The van der Waals surface area contributed by atoms with E-state index in [-0.39, 0.29) is 5.75 Å². The Hall–Kier alpha value is -3.12. The molecule has 0 aliphatic carbocycles. The van der Waals surface area contributed by atoms with Gasteiger partial charge in [-0.2, -0.15) is 13.6 Å². The van der Waals surface area contributed by atoms with Crippen LogP contribution in [0.1, 0.15) is 28.7 Å². The van der Waals surface area contributed by atoms with E-state index in [4.69, 9.17) is 15.9 Å². The molecule has 176 valence electrons. The number of thiazole rings is 1. The van der Waals surface area contributed by atoms with Gasteiger partial charge < -0.3 is 9.92 Å². The molecule has 7 nitrogen and oxygen atoms in total. The lowest BCUT2D eigenvalue weighted by molar-refractivity contribution is -0.120. The summed E-state index contributed by atoms with van der Waals surface area (Å²) in [7, 11) is -4.14. The lowest BCUT2D eigenvalue weighted by Crippen LogP contribution is -2.28. The highest BCUT2D eigenvalue weighted by Gasteiger charge is 2.32. The third kappa shape index (κ3) is 5.86. The second kappa shape index (κ2) is 10.0. The van der Waals surface area contributed by atoms with Crippen LogP contribution in [0.4, 0.5) is 4.39 Å². The number of thiophene rings is 1. The molecule has 1 amide bonds. The fourth-order valence-electron chi connectivity index (χ4n) is 3.73. The van der Waals surface area contributed by atoms with Crippen molar-refractivity contribution in [3.05, 3.63) is 94.1 Å². The Kier molecular flexibility index (Phi) is 7.08. The molecule has 11 heteroatoms. The van der Waals surface area contributed by atoms with Gasteiger partial charge in [-0.1, -0.05) is 30.3 Å². The van der Waals surface area contributed by atoms with Gasteiger partial charge >= 0.3 is 10.3 Å². The van der Waals surface area contributed by atoms with E-state index in [9.17, 15) is 17.6 Å². The van der Waals surface area contributed by atoms with Crippen molar-refractivity contribution >= 4 is 38.9 Å². The van der Waals surface area contributed by atoms with Gasteiger partial charge in [0, 0.05) is 11.3 Å². The normalized spacial score (nSPS) is 13.4. The molecular formula is C23H20FN3O4S3. The van der Waals surface area contributed by atoms with Gasteiger partial charge in [0.05, 0.1) is 16.5 Å². The van der Waals surface area contributed by atoms with Crippen molar-refractivity contribution in [2.24, 2.45) is 10.9 Å². The quantitative estimate of drug-likeness (QED) is 0.344. The van der Waals surface area contributed by atoms with Crippen LogP contribution in [0.5, 0.6) is 5.75 Å². The smallest absolute Gasteiger partial charge is 0.371 e. The summed E-state index contributed by atoms with van der Waals surface area (Å²) in [6, 6.07) is 16.0. The second-order valence-corrected chi connectivity index (χ2v) is 10.5. The Morgan fingerprint density at radius 1 is 1.09 bits per heavy atom. The molecule has 2 atom stereocenters. The number of rotatable bonds is 9. The Morgan fingerprint density at radius 2 is 1.85 bits per heavy atom. The number of hydrogen-bond donors (Lipinski definition) is 2. The molecule has 2 heterocycles. The molecule has 2 aromatic carbocycles. The highest BCUT2D eigenvalue weighted by atomic mass is 32.2. The van der Waals surface area contributed by atoms with Crippen molar-refractivity contribution in [2.75, 3.05) is 0 Å². The number of halogens is 1. The first kappa shape index (κ1) is 24.0. The molecule has 0 spiro atoms. The molecule has 34 heavy (non-hydrogen) atoms. The standard InChI is InChI=1S/C23H20FN3O4S3/c24-16-4-1-3-15(12-16)21(22(25)28)18(19-13-33-23(27-19)20-5-2-10-32-20)11-14-6-8-17(9-7-14)31-34(26,29)30/h1-10,12-13,18,21H,11H2,(H2,25,28)(H2,26,29,30)/t18-,21?/m1/s1. The van der Waals surface area contributed by atoms with E-state index in [2.05, 4.69) is 4.18 Å². The number of benzene rings is 2. The third-order valence-electron chi connectivity index (χ3n) is 5.14. The van der Waals surface area contributed by atoms with Crippen molar-refractivity contribution in [1.82, 2.24) is 4.98 Å². The van der Waals surface area contributed by atoms with Gasteiger partial charge in [0.1, 0.15) is 16.6 Å². The van der Waals surface area contributed by atoms with Crippen molar-refractivity contribution in [2.45, 2.75) is 18.3 Å². The zero-order chi connectivity index (χ0) is 24.3. The van der Waals surface area contributed by atoms with Crippen LogP contribution in [0.3, 0.4) is 0 Å². The molecule has 0 saturated carbocycles. The molecule has 1 unspecified atom stereocenters. The maximum Gasteiger partial charge on any atom is 0.380 e. The molecule has 4 N–H and O–H groups in total. The molecule has 4 rings (SSSR count). The van der Waals surface area contributed by atoms with Gasteiger partial charge in [-0.15, -0.1) is 22.7 Å². The minimum absolute atomic E-state index is 0.0630. The van der Waals surface area contributed by atoms with E-state index < -0.39 is 33.9 Å². The molecule has 0 aliphatic rings. The van der Waals surface area contributed by atoms with Crippen LogP contribution < -0.4 is 15.1 Å². The average molecular weight is 518 g/mol. The topological polar surface area (TPSA) is 125 Å². The van der Waals surface area contributed by atoms with Crippen molar-refractivity contribution in [1.29, 1.82) is 0 Å². The molecule has 0 bridgehead atoms. The number of nitrogens with two attached hydrogens (primary N) is 2. The van der Waals surface area contributed by atoms with E-state index in [1.54, 1.807) is 29.5 Å². The maximum absolute atomic E-state index is 14.0. The van der Waals surface area contributed by atoms with Gasteiger partial charge in [0.2, 0.25) is 5.91 Å². The van der Waals surface area contributed by atoms with Gasteiger partial charge in [-0.25, -0.2) is 9.37 Å². The summed E-state index contributed by atoms with van der Waals surface area (Å²) in [5.74, 6) is -2.34. The number of amides is 1. The highest BCUT2D eigenvalue weighted by molar-refractivity contribution is 7.84. The van der Waals surface area contributed by atoms with Crippen LogP contribution in [0.15, 0.2) is 71.4 Å². The lowest BCUT2D eigenvalue weighted by atomic mass is 9.80. The number of carbonyl (C=O) groups is 1. The molecule has 0 radical (unpaired) electrons. The van der Waals surface area contributed by atoms with Crippen LogP contribution in [0, 0.1) is 5.82 Å². The van der Waals surface area contributed by atoms with Crippen LogP contribution in [-0.4, -0.2) is 19.3 Å². The summed E-state index contributed by atoms with van der Waals surface area (Å²) < 4.78 is 41.0. The van der Waals surface area contributed by atoms with Gasteiger partial charge in [0.25, 0.3) is 0 Å². The summed E-state index contributed by atoms with van der Waals surface area (Å²) in [5, 5.41) is 9.57. The fraction of sp³-hybridized carbons (Fsp3) is 0.130. The van der Waals surface area contributed by atoms with Crippen LogP contribution >= 0.6 is 22.7 Å². The summed E-state index contributed by atoms with van der Waals surface area (Å²) in [5.41, 5.74) is 7.71. The van der Waals surface area contributed by atoms with Gasteiger partial charge in [0.15, 0.2) is 0 Å². The summed E-state index contributed by atoms with van der Waals surface area (Å²) in [4.78, 5) is 18.4. The monoisotopic (exact) mass is 517 g/mol. The first-order valence-corrected chi connectivity index (χ1v) is 13.3. The van der Waals surface area contributed by atoms with E-state index in [0.29, 0.717) is 17.7 Å². The van der Waals surface area contributed by atoms with Crippen molar-refractivity contribution in [3.8, 4) is 15.6 Å². The van der Waals surface area contributed by atoms with Crippen molar-refractivity contribution < 1.29 is 21.8 Å². The van der Waals surface area contributed by atoms with E-state index in [0.717, 1.165) is 15.4 Å². The SMILES string of the molecule is NC(=O)C(c1cccc(F)c1)[C@H](Cc1ccc(OS(N)(=O)=O)cc1)c1csc(-c2cccs2)n1. The fourth-order valence-corrected chi connectivity index (χ4v) is 5.80. The number of carbonyl (C=O) groups excluding carboxylic acids is 1. The van der Waals surface area contributed by atoms with Gasteiger partial charge in [-0.05, 0) is 53.3 Å². The molecular weight excluding hydrogens is 497 g/mol. The largest absolute Gasteiger partial charge is 0.380 e. The number of nitrogens with zero attached hydrogens (tertiary/aromatic N) is 1. The summed E-state index contributed by atoms with van der Waals surface area (Å²) in [6.07, 6.45) is 0.341. The molecule has 0 fully saturated rings. The highest BCUT2D eigenvalue weighted by Crippen LogP contribution is 2.39.